The minimum Gasteiger partial charge on any atom is -0.435 e. The van der Waals surface area contributed by atoms with Gasteiger partial charge in [-0.25, -0.2) is 13.1 Å². The zero-order valence-corrected chi connectivity index (χ0v) is 17.5. The third-order valence-corrected chi connectivity index (χ3v) is 6.24. The van der Waals surface area contributed by atoms with Crippen molar-refractivity contribution in [2.45, 2.75) is 36.9 Å². The van der Waals surface area contributed by atoms with E-state index in [0.717, 1.165) is 18.4 Å². The first-order chi connectivity index (χ1) is 14.8. The third-order valence-electron chi connectivity index (χ3n) is 4.80. The molecule has 168 valence electrons. The van der Waals surface area contributed by atoms with Crippen LogP contribution in [0.25, 0.3) is 0 Å². The van der Waals surface area contributed by atoms with Crippen LogP contribution in [0.4, 0.5) is 8.78 Å². The minimum atomic E-state index is -3.67. The Morgan fingerprint density at radius 3 is 2.45 bits per heavy atom. The molecule has 1 heterocycles. The largest absolute Gasteiger partial charge is 0.435 e. The van der Waals surface area contributed by atoms with E-state index in [-0.39, 0.29) is 29.2 Å². The van der Waals surface area contributed by atoms with E-state index in [9.17, 15) is 22.0 Å². The number of benzene rings is 2. The van der Waals surface area contributed by atoms with E-state index < -0.39 is 16.6 Å². The number of hydrogen-bond acceptors (Lipinski definition) is 5. The van der Waals surface area contributed by atoms with Crippen molar-refractivity contribution < 1.29 is 31.5 Å². The van der Waals surface area contributed by atoms with E-state index >= 15 is 0 Å². The monoisotopic (exact) mass is 454 g/mol. The number of ether oxygens (including phenoxy) is 2. The van der Waals surface area contributed by atoms with E-state index in [1.807, 2.05) is 0 Å². The molecule has 0 bridgehead atoms. The average molecular weight is 454 g/mol. The van der Waals surface area contributed by atoms with Crippen LogP contribution >= 0.6 is 0 Å². The molecule has 1 unspecified atom stereocenters. The summed E-state index contributed by atoms with van der Waals surface area (Å²) >= 11 is 0. The zero-order chi connectivity index (χ0) is 22.3. The lowest BCUT2D eigenvalue weighted by Crippen LogP contribution is -2.32. The van der Waals surface area contributed by atoms with Crippen LogP contribution in [0.3, 0.4) is 0 Å². The predicted molar refractivity (Wildman–Crippen MR) is 110 cm³/mol. The van der Waals surface area contributed by atoms with E-state index in [2.05, 4.69) is 14.8 Å². The summed E-state index contributed by atoms with van der Waals surface area (Å²) in [5.74, 6) is -0.267. The van der Waals surface area contributed by atoms with Gasteiger partial charge in [0.05, 0.1) is 11.0 Å². The van der Waals surface area contributed by atoms with Crippen LogP contribution in [0.1, 0.15) is 28.8 Å². The maximum atomic E-state index is 12.4. The molecule has 2 aromatic rings. The lowest BCUT2D eigenvalue weighted by atomic mass is 10.1. The molecule has 1 amide bonds. The predicted octanol–water partition coefficient (Wildman–Crippen LogP) is 2.72. The highest BCUT2D eigenvalue weighted by molar-refractivity contribution is 7.89. The van der Waals surface area contributed by atoms with Gasteiger partial charge in [-0.1, -0.05) is 12.1 Å². The van der Waals surface area contributed by atoms with Crippen LogP contribution in [-0.2, 0) is 21.2 Å². The molecule has 31 heavy (non-hydrogen) atoms. The van der Waals surface area contributed by atoms with Gasteiger partial charge in [0.1, 0.15) is 5.75 Å². The molecule has 2 N–H and O–H groups in total. The fourth-order valence-electron chi connectivity index (χ4n) is 3.14. The Kier molecular flexibility index (Phi) is 7.94. The molecule has 1 saturated heterocycles. The molecule has 0 aromatic heterocycles. The summed E-state index contributed by atoms with van der Waals surface area (Å²) in [6, 6.07) is 11.8. The lowest BCUT2D eigenvalue weighted by Gasteiger charge is -2.12. The summed E-state index contributed by atoms with van der Waals surface area (Å²) < 4.78 is 61.3. The molecule has 0 aliphatic carbocycles. The summed E-state index contributed by atoms with van der Waals surface area (Å²) in [6.45, 7) is -1.67. The van der Waals surface area contributed by atoms with Crippen molar-refractivity contribution >= 4 is 15.9 Å². The molecule has 1 fully saturated rings. The van der Waals surface area contributed by atoms with Gasteiger partial charge in [-0.2, -0.15) is 8.78 Å². The summed E-state index contributed by atoms with van der Waals surface area (Å²) in [5.41, 5.74) is 1.18. The molecular weight excluding hydrogens is 430 g/mol. The highest BCUT2D eigenvalue weighted by Gasteiger charge is 2.20. The minimum absolute atomic E-state index is 0.0723. The molecule has 1 aliphatic heterocycles. The van der Waals surface area contributed by atoms with E-state index in [4.69, 9.17) is 4.74 Å². The van der Waals surface area contributed by atoms with Crippen LogP contribution in [0.15, 0.2) is 53.4 Å². The van der Waals surface area contributed by atoms with Gasteiger partial charge < -0.3 is 14.8 Å². The number of sulfonamides is 1. The Morgan fingerprint density at radius 1 is 1.13 bits per heavy atom. The Balaban J connectivity index is 1.47. The first kappa shape index (κ1) is 23.1. The van der Waals surface area contributed by atoms with E-state index in [0.29, 0.717) is 25.1 Å². The number of amides is 1. The molecule has 2 aromatic carbocycles. The van der Waals surface area contributed by atoms with Crippen molar-refractivity contribution in [3.05, 3.63) is 59.7 Å². The fraction of sp³-hybridized carbons (Fsp3) is 0.381. The molecule has 1 aliphatic rings. The average Bonchev–Trinajstić information content (AvgIpc) is 3.27. The summed E-state index contributed by atoms with van der Waals surface area (Å²) in [6.07, 6.45) is 2.15. The Hall–Kier alpha value is -2.56. The van der Waals surface area contributed by atoms with Gasteiger partial charge in [0, 0.05) is 25.3 Å². The first-order valence-electron chi connectivity index (χ1n) is 9.87. The standard InChI is InChI=1S/C21H24F2N2O5S/c22-21(23)30-17-7-3-15(4-8-17)11-12-24-20(26)16-5-9-19(10-6-16)31(27,28)25-14-18-2-1-13-29-18/h3-10,18,21,25H,1-2,11-14H2,(H,24,26). The van der Waals surface area contributed by atoms with Crippen LogP contribution in [-0.4, -0.2) is 46.7 Å². The number of carbonyl (C=O) groups is 1. The Morgan fingerprint density at radius 2 is 1.84 bits per heavy atom. The van der Waals surface area contributed by atoms with Gasteiger partial charge in [0.15, 0.2) is 0 Å². The zero-order valence-electron chi connectivity index (χ0n) is 16.7. The topological polar surface area (TPSA) is 93.7 Å². The third kappa shape index (κ3) is 6.98. The summed E-state index contributed by atoms with van der Waals surface area (Å²) in [7, 11) is -3.67. The van der Waals surface area contributed by atoms with Crippen molar-refractivity contribution in [2.75, 3.05) is 19.7 Å². The van der Waals surface area contributed by atoms with Gasteiger partial charge in [0.25, 0.3) is 5.91 Å². The highest BCUT2D eigenvalue weighted by Crippen LogP contribution is 2.16. The Bertz CT molecular complexity index is 960. The van der Waals surface area contributed by atoms with Crippen LogP contribution in [0.5, 0.6) is 5.75 Å². The number of alkyl halides is 2. The smallest absolute Gasteiger partial charge is 0.387 e. The molecule has 7 nitrogen and oxygen atoms in total. The number of halogens is 2. The van der Waals surface area contributed by atoms with Crippen LogP contribution in [0.2, 0.25) is 0 Å². The van der Waals surface area contributed by atoms with Crippen molar-refractivity contribution in [1.82, 2.24) is 10.0 Å². The molecule has 0 radical (unpaired) electrons. The maximum Gasteiger partial charge on any atom is 0.387 e. The van der Waals surface area contributed by atoms with Gasteiger partial charge in [-0.3, -0.25) is 4.79 Å². The number of nitrogens with one attached hydrogen (secondary N) is 2. The van der Waals surface area contributed by atoms with Gasteiger partial charge in [-0.15, -0.1) is 0 Å². The first-order valence-corrected chi connectivity index (χ1v) is 11.3. The van der Waals surface area contributed by atoms with Crippen molar-refractivity contribution in [3.63, 3.8) is 0 Å². The second kappa shape index (κ2) is 10.7. The summed E-state index contributed by atoms with van der Waals surface area (Å²) in [5, 5.41) is 2.74. The quantitative estimate of drug-likeness (QED) is 0.576. The van der Waals surface area contributed by atoms with Gasteiger partial charge in [-0.05, 0) is 61.2 Å². The molecular formula is C21H24F2N2O5S. The number of rotatable bonds is 10. The van der Waals surface area contributed by atoms with Gasteiger partial charge >= 0.3 is 6.61 Å². The maximum absolute atomic E-state index is 12.4. The lowest BCUT2D eigenvalue weighted by molar-refractivity contribution is -0.0498. The molecule has 0 spiro atoms. The molecule has 1 atom stereocenters. The highest BCUT2D eigenvalue weighted by atomic mass is 32.2. The summed E-state index contributed by atoms with van der Waals surface area (Å²) in [4.78, 5) is 12.4. The van der Waals surface area contributed by atoms with Crippen LogP contribution < -0.4 is 14.8 Å². The fourth-order valence-corrected chi connectivity index (χ4v) is 4.20. The van der Waals surface area contributed by atoms with E-state index in [1.165, 1.54) is 36.4 Å². The van der Waals surface area contributed by atoms with Gasteiger partial charge in [0.2, 0.25) is 10.0 Å². The van der Waals surface area contributed by atoms with Crippen LogP contribution in [0, 0.1) is 0 Å². The Labute approximate surface area is 179 Å². The van der Waals surface area contributed by atoms with Crippen molar-refractivity contribution in [1.29, 1.82) is 0 Å². The molecule has 3 rings (SSSR count). The SMILES string of the molecule is O=C(NCCc1ccc(OC(F)F)cc1)c1ccc(S(=O)(=O)NCC2CCCO2)cc1. The second-order valence-electron chi connectivity index (χ2n) is 7.04. The second-order valence-corrected chi connectivity index (χ2v) is 8.81. The van der Waals surface area contributed by atoms with Crippen molar-refractivity contribution in [2.24, 2.45) is 0 Å². The normalized spacial score (nSPS) is 16.4. The molecule has 0 saturated carbocycles. The van der Waals surface area contributed by atoms with Crippen molar-refractivity contribution in [3.8, 4) is 5.75 Å². The van der Waals surface area contributed by atoms with E-state index in [1.54, 1.807) is 12.1 Å². The molecule has 10 heteroatoms. The number of hydrogen-bond donors (Lipinski definition) is 2. The number of carbonyl (C=O) groups excluding carboxylic acids is 1.